The molecule has 1 unspecified atom stereocenters. The average Bonchev–Trinajstić information content (AvgIpc) is 2.40. The largest absolute Gasteiger partial charge is 0.480 e. The van der Waals surface area contributed by atoms with Gasteiger partial charge in [-0.2, -0.15) is 0 Å². The third-order valence-electron chi connectivity index (χ3n) is 2.44. The molecule has 0 aromatic rings. The minimum atomic E-state index is -1.32. The van der Waals surface area contributed by atoms with Crippen molar-refractivity contribution in [2.75, 3.05) is 33.5 Å². The fraction of sp³-hybridized carbons (Fsp3) is 0.750. The van der Waals surface area contributed by atoms with Crippen LogP contribution in [0.3, 0.4) is 0 Å². The van der Waals surface area contributed by atoms with Crippen molar-refractivity contribution in [1.82, 2.24) is 10.6 Å². The van der Waals surface area contributed by atoms with Crippen molar-refractivity contribution in [3.05, 3.63) is 0 Å². The van der Waals surface area contributed by atoms with Gasteiger partial charge in [0.1, 0.15) is 6.04 Å². The summed E-state index contributed by atoms with van der Waals surface area (Å²) < 4.78 is 10.1. The predicted molar refractivity (Wildman–Crippen MR) is 73.7 cm³/mol. The lowest BCUT2D eigenvalue weighted by Crippen LogP contribution is -2.47. The van der Waals surface area contributed by atoms with Gasteiger partial charge in [-0.15, -0.1) is 0 Å². The second-order valence-electron chi connectivity index (χ2n) is 4.27. The molecule has 0 saturated heterocycles. The molecule has 0 rings (SSSR count). The number of nitrogens with one attached hydrogen (secondary N) is 2. The first kappa shape index (κ1) is 19.1. The fourth-order valence-corrected chi connectivity index (χ4v) is 1.39. The molecule has 1 atom stereocenters. The Hall–Kier alpha value is -1.87. The van der Waals surface area contributed by atoms with Crippen LogP contribution in [0.15, 0.2) is 0 Å². The van der Waals surface area contributed by atoms with E-state index in [1.54, 1.807) is 7.11 Å². The van der Waals surface area contributed by atoms with E-state index in [-0.39, 0.29) is 0 Å². The van der Waals surface area contributed by atoms with E-state index in [1.807, 2.05) is 0 Å². The number of carbonyl (C=O) groups excluding carboxylic acids is 2. The molecule has 0 aromatic carbocycles. The summed E-state index contributed by atoms with van der Waals surface area (Å²) in [6.07, 6.45) is 0.998. The van der Waals surface area contributed by atoms with Gasteiger partial charge in [-0.05, 0) is 12.8 Å². The number of rotatable bonds is 12. The first-order valence-electron chi connectivity index (χ1n) is 6.59. The molecular formula is C12H23N3O6. The molecule has 9 nitrogen and oxygen atoms in total. The molecule has 0 aromatic heterocycles. The molecule has 0 aliphatic rings. The van der Waals surface area contributed by atoms with Gasteiger partial charge in [0, 0.05) is 20.3 Å². The average molecular weight is 305 g/mol. The van der Waals surface area contributed by atoms with Crippen molar-refractivity contribution in [2.45, 2.75) is 25.3 Å². The Kier molecular flexibility index (Phi) is 10.9. The molecule has 0 fully saturated rings. The Labute approximate surface area is 123 Å². The number of hydrogen-bond acceptors (Lipinski definition) is 5. The minimum Gasteiger partial charge on any atom is -0.480 e. The number of primary amides is 1. The summed E-state index contributed by atoms with van der Waals surface area (Å²) in [6, 6.07) is -1.97. The van der Waals surface area contributed by atoms with E-state index in [4.69, 9.17) is 20.3 Å². The lowest BCUT2D eigenvalue weighted by atomic mass is 10.2. The van der Waals surface area contributed by atoms with E-state index in [9.17, 15) is 14.4 Å². The monoisotopic (exact) mass is 305 g/mol. The maximum atomic E-state index is 11.4. The zero-order valence-corrected chi connectivity index (χ0v) is 12.1. The van der Waals surface area contributed by atoms with E-state index in [2.05, 4.69) is 10.6 Å². The summed E-state index contributed by atoms with van der Waals surface area (Å²) in [4.78, 5) is 32.9. The van der Waals surface area contributed by atoms with Crippen LogP contribution in [0.1, 0.15) is 19.3 Å². The summed E-state index contributed by atoms with van der Waals surface area (Å²) in [5.41, 5.74) is 4.90. The molecule has 0 bridgehead atoms. The number of unbranched alkanes of at least 4 members (excludes halogenated alkanes) is 1. The number of urea groups is 1. The van der Waals surface area contributed by atoms with Gasteiger partial charge in [0.05, 0.1) is 19.6 Å². The first-order valence-corrected chi connectivity index (χ1v) is 6.59. The maximum absolute atomic E-state index is 11.4. The lowest BCUT2D eigenvalue weighted by molar-refractivity contribution is -0.140. The summed E-state index contributed by atoms with van der Waals surface area (Å²) >= 11 is 0. The highest BCUT2D eigenvalue weighted by molar-refractivity contribution is 5.87. The Morgan fingerprint density at radius 3 is 2.48 bits per heavy atom. The molecule has 9 heteroatoms. The number of carbonyl (C=O) groups is 3. The molecule has 122 valence electrons. The van der Waals surface area contributed by atoms with Gasteiger partial charge in [-0.25, -0.2) is 9.59 Å². The Morgan fingerprint density at radius 2 is 1.90 bits per heavy atom. The SMILES string of the molecule is COCCOCCCCNC(=O)NC(CC(N)=O)C(=O)O. The third-order valence-corrected chi connectivity index (χ3v) is 2.44. The Morgan fingerprint density at radius 1 is 1.19 bits per heavy atom. The second kappa shape index (κ2) is 11.9. The Balaban J connectivity index is 3.69. The van der Waals surface area contributed by atoms with Crippen LogP contribution in [0.2, 0.25) is 0 Å². The van der Waals surface area contributed by atoms with Crippen LogP contribution < -0.4 is 16.4 Å². The van der Waals surface area contributed by atoms with E-state index in [1.165, 1.54) is 0 Å². The number of amides is 3. The highest BCUT2D eigenvalue weighted by atomic mass is 16.5. The Bertz CT molecular complexity index is 337. The molecule has 0 aliphatic heterocycles. The van der Waals surface area contributed by atoms with Gasteiger partial charge >= 0.3 is 12.0 Å². The summed E-state index contributed by atoms with van der Waals surface area (Å²) in [5.74, 6) is -2.11. The number of carboxylic acid groups (broad SMARTS) is 1. The van der Waals surface area contributed by atoms with Crippen LogP contribution in [-0.4, -0.2) is 62.5 Å². The minimum absolute atomic E-state index is 0.377. The molecule has 0 saturated carbocycles. The van der Waals surface area contributed by atoms with Gasteiger partial charge in [0.2, 0.25) is 5.91 Å². The maximum Gasteiger partial charge on any atom is 0.326 e. The predicted octanol–water partition coefficient (Wildman–Crippen LogP) is -0.943. The van der Waals surface area contributed by atoms with Crippen LogP contribution in [-0.2, 0) is 19.1 Å². The van der Waals surface area contributed by atoms with E-state index in [0.717, 1.165) is 6.42 Å². The third kappa shape index (κ3) is 11.6. The second-order valence-corrected chi connectivity index (χ2v) is 4.27. The van der Waals surface area contributed by atoms with Crippen molar-refractivity contribution in [3.8, 4) is 0 Å². The molecular weight excluding hydrogens is 282 g/mol. The molecule has 0 aliphatic carbocycles. The van der Waals surface area contributed by atoms with Gasteiger partial charge in [-0.3, -0.25) is 4.79 Å². The zero-order valence-electron chi connectivity index (χ0n) is 12.1. The molecule has 21 heavy (non-hydrogen) atoms. The number of nitrogens with two attached hydrogens (primary N) is 1. The molecule has 0 heterocycles. The van der Waals surface area contributed by atoms with Crippen molar-refractivity contribution >= 4 is 17.9 Å². The fourth-order valence-electron chi connectivity index (χ4n) is 1.39. The standard InChI is InChI=1S/C12H23N3O6/c1-20-6-7-21-5-3-2-4-14-12(19)15-9(11(17)18)8-10(13)16/h9H,2-8H2,1H3,(H2,13,16)(H,17,18)(H2,14,15,19). The van der Waals surface area contributed by atoms with Crippen molar-refractivity contribution in [2.24, 2.45) is 5.73 Å². The van der Waals surface area contributed by atoms with Crippen LogP contribution in [0.5, 0.6) is 0 Å². The smallest absolute Gasteiger partial charge is 0.326 e. The first-order chi connectivity index (χ1) is 9.97. The van der Waals surface area contributed by atoms with Crippen molar-refractivity contribution < 1.29 is 29.0 Å². The molecule has 0 spiro atoms. The van der Waals surface area contributed by atoms with E-state index in [0.29, 0.717) is 32.8 Å². The molecule has 5 N–H and O–H groups in total. The van der Waals surface area contributed by atoms with Gasteiger partial charge < -0.3 is 30.9 Å². The van der Waals surface area contributed by atoms with E-state index >= 15 is 0 Å². The number of aliphatic carboxylic acids is 1. The topological polar surface area (TPSA) is 140 Å². The zero-order chi connectivity index (χ0) is 16.1. The van der Waals surface area contributed by atoms with Crippen LogP contribution in [0.4, 0.5) is 4.79 Å². The summed E-state index contributed by atoms with van der Waals surface area (Å²) in [6.45, 7) is 2.00. The van der Waals surface area contributed by atoms with Crippen molar-refractivity contribution in [3.63, 3.8) is 0 Å². The number of hydrogen-bond donors (Lipinski definition) is 4. The number of ether oxygens (including phenoxy) is 2. The van der Waals surface area contributed by atoms with Crippen LogP contribution in [0, 0.1) is 0 Å². The molecule has 3 amide bonds. The van der Waals surface area contributed by atoms with Crippen LogP contribution >= 0.6 is 0 Å². The number of carboxylic acids is 1. The lowest BCUT2D eigenvalue weighted by Gasteiger charge is -2.13. The molecule has 0 radical (unpaired) electrons. The highest BCUT2D eigenvalue weighted by Gasteiger charge is 2.21. The normalized spacial score (nSPS) is 11.7. The van der Waals surface area contributed by atoms with Crippen molar-refractivity contribution in [1.29, 1.82) is 0 Å². The van der Waals surface area contributed by atoms with Gasteiger partial charge in [0.15, 0.2) is 0 Å². The van der Waals surface area contributed by atoms with Gasteiger partial charge in [-0.1, -0.05) is 0 Å². The van der Waals surface area contributed by atoms with Gasteiger partial charge in [0.25, 0.3) is 0 Å². The van der Waals surface area contributed by atoms with E-state index < -0.39 is 30.4 Å². The number of methoxy groups -OCH3 is 1. The van der Waals surface area contributed by atoms with Crippen LogP contribution in [0.25, 0.3) is 0 Å². The summed E-state index contributed by atoms with van der Waals surface area (Å²) in [7, 11) is 1.59. The highest BCUT2D eigenvalue weighted by Crippen LogP contribution is 1.92. The quantitative estimate of drug-likeness (QED) is 0.343. The summed E-state index contributed by atoms with van der Waals surface area (Å²) in [5, 5.41) is 13.5.